The van der Waals surface area contributed by atoms with Crippen molar-refractivity contribution in [1.29, 1.82) is 0 Å². The summed E-state index contributed by atoms with van der Waals surface area (Å²) in [4.78, 5) is 0. The first-order valence-electron chi connectivity index (χ1n) is 6.04. The van der Waals surface area contributed by atoms with Crippen LogP contribution in [0, 0.1) is 12.8 Å². The van der Waals surface area contributed by atoms with Crippen LogP contribution >= 0.6 is 0 Å². The number of aliphatic hydroxyl groups excluding tert-OH is 1. The maximum absolute atomic E-state index is 11.8. The minimum atomic E-state index is -3.42. The molecule has 1 aromatic heterocycles. The lowest BCUT2D eigenvalue weighted by molar-refractivity contribution is 0.134. The number of sulfonamides is 1. The van der Waals surface area contributed by atoms with Gasteiger partial charge in [0.05, 0.1) is 6.10 Å². The third-order valence-corrected chi connectivity index (χ3v) is 4.48. The van der Waals surface area contributed by atoms with Crippen LogP contribution in [0.3, 0.4) is 0 Å². The highest BCUT2D eigenvalue weighted by Gasteiger charge is 2.26. The molecule has 2 N–H and O–H groups in total. The first kappa shape index (κ1) is 13.5. The fraction of sp³-hybridized carbons (Fsp3) is 0.727. The summed E-state index contributed by atoms with van der Waals surface area (Å²) < 4.78 is 30.9. The first-order chi connectivity index (χ1) is 8.46. The van der Waals surface area contributed by atoms with Gasteiger partial charge in [0.25, 0.3) is 0 Å². The monoisotopic (exact) mass is 274 g/mol. The van der Waals surface area contributed by atoms with Gasteiger partial charge < -0.3 is 9.63 Å². The lowest BCUT2D eigenvalue weighted by Crippen LogP contribution is -2.33. The zero-order chi connectivity index (χ0) is 13.2. The highest BCUT2D eigenvalue weighted by atomic mass is 32.2. The Labute approximate surface area is 106 Å². The highest BCUT2D eigenvalue weighted by molar-refractivity contribution is 7.88. The van der Waals surface area contributed by atoms with Crippen molar-refractivity contribution >= 4 is 10.0 Å². The molecule has 0 amide bonds. The molecular formula is C11H18N2O4S. The normalized spacial score (nSPS) is 24.6. The molecular weight excluding hydrogens is 256 g/mol. The number of nitrogens with one attached hydrogen (secondary N) is 1. The van der Waals surface area contributed by atoms with E-state index < -0.39 is 10.0 Å². The lowest BCUT2D eigenvalue weighted by atomic mass is 10.1. The van der Waals surface area contributed by atoms with Crippen LogP contribution in [0.5, 0.6) is 0 Å². The van der Waals surface area contributed by atoms with Gasteiger partial charge in [-0.2, -0.15) is 0 Å². The van der Waals surface area contributed by atoms with Gasteiger partial charge in [0, 0.05) is 12.6 Å². The maximum Gasteiger partial charge on any atom is 0.217 e. The Morgan fingerprint density at radius 1 is 1.56 bits per heavy atom. The maximum atomic E-state index is 11.8. The van der Waals surface area contributed by atoms with Crippen LogP contribution in [0.15, 0.2) is 10.6 Å². The van der Waals surface area contributed by atoms with Crippen LogP contribution in [0.1, 0.15) is 30.7 Å². The average molecular weight is 274 g/mol. The van der Waals surface area contributed by atoms with E-state index in [0.717, 1.165) is 19.3 Å². The van der Waals surface area contributed by atoms with Gasteiger partial charge >= 0.3 is 0 Å². The summed E-state index contributed by atoms with van der Waals surface area (Å²) in [5.41, 5.74) is 0.395. The molecule has 0 saturated heterocycles. The van der Waals surface area contributed by atoms with Gasteiger partial charge in [-0.15, -0.1) is 0 Å². The Hall–Kier alpha value is -0.920. The SMILES string of the molecule is Cc1cc(CS(=O)(=O)NCC2CCCC2O)no1. The summed E-state index contributed by atoms with van der Waals surface area (Å²) in [6, 6.07) is 1.60. The number of aromatic nitrogens is 1. The fourth-order valence-electron chi connectivity index (χ4n) is 2.22. The van der Waals surface area contributed by atoms with Crippen LogP contribution < -0.4 is 4.72 Å². The van der Waals surface area contributed by atoms with Crippen LogP contribution in [-0.4, -0.2) is 31.3 Å². The summed E-state index contributed by atoms with van der Waals surface area (Å²) in [6.45, 7) is 2.01. The van der Waals surface area contributed by atoms with Gasteiger partial charge in [-0.05, 0) is 25.7 Å². The molecule has 0 aliphatic heterocycles. The minimum absolute atomic E-state index is 0.0267. The summed E-state index contributed by atoms with van der Waals surface area (Å²) >= 11 is 0. The van der Waals surface area contributed by atoms with E-state index in [1.807, 2.05) is 0 Å². The van der Waals surface area contributed by atoms with Crippen molar-refractivity contribution < 1.29 is 18.0 Å². The second-order valence-corrected chi connectivity index (χ2v) is 6.60. The Morgan fingerprint density at radius 2 is 2.33 bits per heavy atom. The number of hydrogen-bond donors (Lipinski definition) is 2. The molecule has 2 atom stereocenters. The van der Waals surface area contributed by atoms with E-state index >= 15 is 0 Å². The predicted octanol–water partition coefficient (Wildman–Crippen LogP) is 0.563. The molecule has 2 rings (SSSR count). The van der Waals surface area contributed by atoms with Gasteiger partial charge in [0.1, 0.15) is 17.2 Å². The summed E-state index contributed by atoms with van der Waals surface area (Å²) in [5.74, 6) is 0.429. The third-order valence-electron chi connectivity index (χ3n) is 3.20. The highest BCUT2D eigenvalue weighted by Crippen LogP contribution is 2.24. The Morgan fingerprint density at radius 3 is 2.89 bits per heavy atom. The molecule has 1 heterocycles. The molecule has 1 aliphatic rings. The van der Waals surface area contributed by atoms with Crippen molar-refractivity contribution in [3.8, 4) is 0 Å². The molecule has 102 valence electrons. The topological polar surface area (TPSA) is 92.4 Å². The van der Waals surface area contributed by atoms with E-state index in [-0.39, 0.29) is 17.8 Å². The first-order valence-corrected chi connectivity index (χ1v) is 7.69. The number of rotatable bonds is 5. The van der Waals surface area contributed by atoms with E-state index in [9.17, 15) is 13.5 Å². The van der Waals surface area contributed by atoms with Crippen LogP contribution in [0.2, 0.25) is 0 Å². The zero-order valence-electron chi connectivity index (χ0n) is 10.3. The van der Waals surface area contributed by atoms with Crippen LogP contribution in [0.4, 0.5) is 0 Å². The van der Waals surface area contributed by atoms with E-state index in [4.69, 9.17) is 4.52 Å². The number of hydrogen-bond acceptors (Lipinski definition) is 5. The van der Waals surface area contributed by atoms with E-state index in [2.05, 4.69) is 9.88 Å². The van der Waals surface area contributed by atoms with Crippen molar-refractivity contribution in [2.45, 2.75) is 38.0 Å². The molecule has 18 heavy (non-hydrogen) atoms. The zero-order valence-corrected chi connectivity index (χ0v) is 11.1. The summed E-state index contributed by atoms with van der Waals surface area (Å²) in [7, 11) is -3.42. The molecule has 1 aliphatic carbocycles. The number of nitrogens with zero attached hydrogens (tertiary/aromatic N) is 1. The molecule has 6 nitrogen and oxygen atoms in total. The summed E-state index contributed by atoms with van der Waals surface area (Å²) in [6.07, 6.45) is 2.19. The van der Waals surface area contributed by atoms with Crippen molar-refractivity contribution in [2.24, 2.45) is 5.92 Å². The molecule has 2 unspecified atom stereocenters. The molecule has 0 aromatic carbocycles. The largest absolute Gasteiger partial charge is 0.393 e. The number of aliphatic hydroxyl groups is 1. The van der Waals surface area contributed by atoms with Crippen molar-refractivity contribution in [3.63, 3.8) is 0 Å². The van der Waals surface area contributed by atoms with Crippen molar-refractivity contribution in [1.82, 2.24) is 9.88 Å². The predicted molar refractivity (Wildman–Crippen MR) is 65.2 cm³/mol. The van der Waals surface area contributed by atoms with E-state index in [0.29, 0.717) is 18.0 Å². The van der Waals surface area contributed by atoms with Crippen molar-refractivity contribution in [2.75, 3.05) is 6.54 Å². The molecule has 0 radical (unpaired) electrons. The quantitative estimate of drug-likeness (QED) is 0.818. The van der Waals surface area contributed by atoms with Gasteiger partial charge in [0.15, 0.2) is 0 Å². The minimum Gasteiger partial charge on any atom is -0.393 e. The second-order valence-electron chi connectivity index (χ2n) is 4.79. The Bertz CT molecular complexity index is 497. The lowest BCUT2D eigenvalue weighted by Gasteiger charge is -2.14. The average Bonchev–Trinajstić information content (AvgIpc) is 2.85. The van der Waals surface area contributed by atoms with Gasteiger partial charge in [-0.3, -0.25) is 0 Å². The Balaban J connectivity index is 1.87. The molecule has 1 aromatic rings. The third kappa shape index (κ3) is 3.54. The van der Waals surface area contributed by atoms with Crippen LogP contribution in [0.25, 0.3) is 0 Å². The van der Waals surface area contributed by atoms with Crippen LogP contribution in [-0.2, 0) is 15.8 Å². The molecule has 1 saturated carbocycles. The standard InChI is InChI=1S/C11H18N2O4S/c1-8-5-10(13-17-8)7-18(15,16)12-6-9-3-2-4-11(9)14/h5,9,11-12,14H,2-4,6-7H2,1H3. The Kier molecular flexibility index (Phi) is 4.04. The molecule has 7 heteroatoms. The molecule has 0 bridgehead atoms. The smallest absolute Gasteiger partial charge is 0.217 e. The summed E-state index contributed by atoms with van der Waals surface area (Å²) in [5, 5.41) is 13.3. The molecule has 1 fully saturated rings. The van der Waals surface area contributed by atoms with Gasteiger partial charge in [-0.1, -0.05) is 11.6 Å². The fourth-order valence-corrected chi connectivity index (χ4v) is 3.32. The van der Waals surface area contributed by atoms with Crippen molar-refractivity contribution in [3.05, 3.63) is 17.5 Å². The number of aryl methyl sites for hydroxylation is 1. The van der Waals surface area contributed by atoms with E-state index in [1.165, 1.54) is 0 Å². The molecule has 0 spiro atoms. The second kappa shape index (κ2) is 5.38. The van der Waals surface area contributed by atoms with E-state index in [1.54, 1.807) is 13.0 Å². The van der Waals surface area contributed by atoms with Gasteiger partial charge in [0.2, 0.25) is 10.0 Å². The van der Waals surface area contributed by atoms with Gasteiger partial charge in [-0.25, -0.2) is 13.1 Å².